The van der Waals surface area contributed by atoms with Crippen LogP contribution in [0.4, 0.5) is 5.69 Å². The van der Waals surface area contributed by atoms with Gasteiger partial charge in [-0.15, -0.1) is 0 Å². The fourth-order valence-corrected chi connectivity index (χ4v) is 2.09. The summed E-state index contributed by atoms with van der Waals surface area (Å²) in [6.07, 6.45) is 0. The summed E-state index contributed by atoms with van der Waals surface area (Å²) in [4.78, 5) is 10.3. The first-order chi connectivity index (χ1) is 10.1. The van der Waals surface area contributed by atoms with Crippen LogP contribution in [-0.2, 0) is 0 Å². The SMILES string of the molecule is O=[N+]([O-])c1ccccc1OCCOc1ccc(Cl)cc1Cl. The van der Waals surface area contributed by atoms with Crippen LogP contribution in [-0.4, -0.2) is 18.1 Å². The zero-order valence-electron chi connectivity index (χ0n) is 10.8. The third-order valence-corrected chi connectivity index (χ3v) is 3.08. The predicted octanol–water partition coefficient (Wildman–Crippen LogP) is 4.36. The van der Waals surface area contributed by atoms with Crippen molar-refractivity contribution < 1.29 is 14.4 Å². The Morgan fingerprint density at radius 2 is 1.67 bits per heavy atom. The summed E-state index contributed by atoms with van der Waals surface area (Å²) >= 11 is 11.7. The average Bonchev–Trinajstić information content (AvgIpc) is 2.45. The van der Waals surface area contributed by atoms with E-state index in [0.717, 1.165) is 0 Å². The Labute approximate surface area is 131 Å². The zero-order chi connectivity index (χ0) is 15.2. The first-order valence-electron chi connectivity index (χ1n) is 6.02. The molecule has 0 aliphatic rings. The van der Waals surface area contributed by atoms with Crippen LogP contribution in [0.15, 0.2) is 42.5 Å². The summed E-state index contributed by atoms with van der Waals surface area (Å²) in [5, 5.41) is 11.7. The molecule has 0 aromatic heterocycles. The van der Waals surface area contributed by atoms with E-state index in [1.807, 2.05) is 0 Å². The quantitative estimate of drug-likeness (QED) is 0.449. The fourth-order valence-electron chi connectivity index (χ4n) is 1.63. The smallest absolute Gasteiger partial charge is 0.310 e. The fraction of sp³-hybridized carbons (Fsp3) is 0.143. The summed E-state index contributed by atoms with van der Waals surface area (Å²) in [5.74, 6) is 0.681. The van der Waals surface area contributed by atoms with Crippen LogP contribution in [0, 0.1) is 10.1 Å². The molecule has 21 heavy (non-hydrogen) atoms. The van der Waals surface area contributed by atoms with Gasteiger partial charge in [0.15, 0.2) is 5.75 Å². The van der Waals surface area contributed by atoms with Gasteiger partial charge >= 0.3 is 5.69 Å². The number of hydrogen-bond acceptors (Lipinski definition) is 4. The number of ether oxygens (including phenoxy) is 2. The van der Waals surface area contributed by atoms with Gasteiger partial charge in [0.1, 0.15) is 19.0 Å². The molecule has 0 heterocycles. The molecule has 0 aliphatic heterocycles. The number of nitro benzene ring substituents is 1. The van der Waals surface area contributed by atoms with Crippen molar-refractivity contribution in [1.29, 1.82) is 0 Å². The van der Waals surface area contributed by atoms with Gasteiger partial charge in [-0.3, -0.25) is 10.1 Å². The van der Waals surface area contributed by atoms with E-state index >= 15 is 0 Å². The first-order valence-corrected chi connectivity index (χ1v) is 6.77. The summed E-state index contributed by atoms with van der Waals surface area (Å²) in [6, 6.07) is 11.0. The van der Waals surface area contributed by atoms with Crippen molar-refractivity contribution in [3.05, 3.63) is 62.6 Å². The van der Waals surface area contributed by atoms with Crippen LogP contribution in [0.3, 0.4) is 0 Å². The average molecular weight is 328 g/mol. The first kappa shape index (κ1) is 15.4. The van der Waals surface area contributed by atoms with Gasteiger partial charge in [-0.05, 0) is 24.3 Å². The minimum absolute atomic E-state index is 0.0815. The molecule has 0 bridgehead atoms. The van der Waals surface area contributed by atoms with E-state index in [1.165, 1.54) is 12.1 Å². The van der Waals surface area contributed by atoms with Gasteiger partial charge in [0, 0.05) is 11.1 Å². The Morgan fingerprint density at radius 1 is 1.00 bits per heavy atom. The highest BCUT2D eigenvalue weighted by molar-refractivity contribution is 6.35. The minimum Gasteiger partial charge on any atom is -0.488 e. The molecule has 0 aliphatic carbocycles. The minimum atomic E-state index is -0.494. The molecule has 0 N–H and O–H groups in total. The standard InChI is InChI=1S/C14H11Cl2NO4/c15-10-5-6-13(11(16)9-10)20-7-8-21-14-4-2-1-3-12(14)17(18)19/h1-6,9H,7-8H2. The van der Waals surface area contributed by atoms with Crippen molar-refractivity contribution in [2.75, 3.05) is 13.2 Å². The molecule has 0 spiro atoms. The molecule has 2 aromatic rings. The van der Waals surface area contributed by atoms with Gasteiger partial charge in [0.05, 0.1) is 9.95 Å². The molecular formula is C14H11Cl2NO4. The topological polar surface area (TPSA) is 61.6 Å². The van der Waals surface area contributed by atoms with Crippen molar-refractivity contribution in [2.24, 2.45) is 0 Å². The maximum absolute atomic E-state index is 10.8. The molecule has 110 valence electrons. The lowest BCUT2D eigenvalue weighted by atomic mass is 10.3. The second-order valence-corrected chi connectivity index (χ2v) is 4.84. The molecule has 0 radical (unpaired) electrons. The lowest BCUT2D eigenvalue weighted by Crippen LogP contribution is -2.10. The molecule has 0 unspecified atom stereocenters. The number of nitro groups is 1. The van der Waals surface area contributed by atoms with Crippen LogP contribution in [0.2, 0.25) is 10.0 Å². The third kappa shape index (κ3) is 4.24. The Morgan fingerprint density at radius 3 is 2.33 bits per heavy atom. The van der Waals surface area contributed by atoms with E-state index < -0.39 is 4.92 Å². The van der Waals surface area contributed by atoms with E-state index in [0.29, 0.717) is 15.8 Å². The second-order valence-electron chi connectivity index (χ2n) is 4.00. The highest BCUT2D eigenvalue weighted by Gasteiger charge is 2.13. The van der Waals surface area contributed by atoms with Gasteiger partial charge in [0.2, 0.25) is 0 Å². The maximum atomic E-state index is 10.8. The number of benzene rings is 2. The Hall–Kier alpha value is -1.98. The largest absolute Gasteiger partial charge is 0.488 e. The normalized spacial score (nSPS) is 10.2. The molecule has 0 atom stereocenters. The molecule has 0 saturated carbocycles. The molecule has 2 aromatic carbocycles. The molecule has 5 nitrogen and oxygen atoms in total. The highest BCUT2D eigenvalue weighted by Crippen LogP contribution is 2.28. The summed E-state index contributed by atoms with van der Waals surface area (Å²) < 4.78 is 10.8. The van der Waals surface area contributed by atoms with Crippen LogP contribution in [0.5, 0.6) is 11.5 Å². The van der Waals surface area contributed by atoms with Crippen LogP contribution in [0.25, 0.3) is 0 Å². The number of nitrogens with zero attached hydrogens (tertiary/aromatic N) is 1. The molecule has 2 rings (SSSR count). The van der Waals surface area contributed by atoms with Crippen LogP contribution >= 0.6 is 23.2 Å². The number of halogens is 2. The van der Waals surface area contributed by atoms with E-state index in [4.69, 9.17) is 32.7 Å². The lowest BCUT2D eigenvalue weighted by Gasteiger charge is -2.09. The Bertz CT molecular complexity index is 649. The van der Waals surface area contributed by atoms with E-state index in [2.05, 4.69) is 0 Å². The van der Waals surface area contributed by atoms with E-state index in [-0.39, 0.29) is 24.7 Å². The van der Waals surface area contributed by atoms with Crippen molar-refractivity contribution in [2.45, 2.75) is 0 Å². The number of hydrogen-bond donors (Lipinski definition) is 0. The maximum Gasteiger partial charge on any atom is 0.310 e. The van der Waals surface area contributed by atoms with Crippen LogP contribution in [0.1, 0.15) is 0 Å². The predicted molar refractivity (Wildman–Crippen MR) is 80.5 cm³/mol. The van der Waals surface area contributed by atoms with Gasteiger partial charge in [0.25, 0.3) is 0 Å². The second kappa shape index (κ2) is 7.15. The monoisotopic (exact) mass is 327 g/mol. The van der Waals surface area contributed by atoms with Crippen molar-refractivity contribution >= 4 is 28.9 Å². The number of para-hydroxylation sites is 2. The summed E-state index contributed by atoms with van der Waals surface area (Å²) in [5.41, 5.74) is -0.0815. The summed E-state index contributed by atoms with van der Waals surface area (Å²) in [6.45, 7) is 0.358. The molecule has 0 amide bonds. The van der Waals surface area contributed by atoms with Crippen molar-refractivity contribution in [3.8, 4) is 11.5 Å². The number of rotatable bonds is 6. The molecule has 0 fully saturated rings. The molecule has 7 heteroatoms. The van der Waals surface area contributed by atoms with Gasteiger partial charge in [-0.2, -0.15) is 0 Å². The Kier molecular flexibility index (Phi) is 5.25. The highest BCUT2D eigenvalue weighted by atomic mass is 35.5. The lowest BCUT2D eigenvalue weighted by molar-refractivity contribution is -0.385. The van der Waals surface area contributed by atoms with E-state index in [1.54, 1.807) is 30.3 Å². The van der Waals surface area contributed by atoms with Crippen molar-refractivity contribution in [1.82, 2.24) is 0 Å². The zero-order valence-corrected chi connectivity index (χ0v) is 12.3. The third-order valence-electron chi connectivity index (χ3n) is 2.55. The molecular weight excluding hydrogens is 317 g/mol. The Balaban J connectivity index is 1.89. The van der Waals surface area contributed by atoms with Crippen molar-refractivity contribution in [3.63, 3.8) is 0 Å². The van der Waals surface area contributed by atoms with Crippen LogP contribution < -0.4 is 9.47 Å². The van der Waals surface area contributed by atoms with Gasteiger partial charge < -0.3 is 9.47 Å². The summed E-state index contributed by atoms with van der Waals surface area (Å²) in [7, 11) is 0. The molecule has 0 saturated heterocycles. The van der Waals surface area contributed by atoms with E-state index in [9.17, 15) is 10.1 Å². The van der Waals surface area contributed by atoms with Gasteiger partial charge in [-0.1, -0.05) is 35.3 Å². The van der Waals surface area contributed by atoms with Gasteiger partial charge in [-0.25, -0.2) is 0 Å².